The molecule has 3 fully saturated rings. The van der Waals surface area contributed by atoms with Crippen molar-refractivity contribution in [1.29, 1.82) is 0 Å². The number of fused-ring (bicyclic) bond motifs is 3. The van der Waals surface area contributed by atoms with Gasteiger partial charge in [-0.05, 0) is 68.1 Å². The molecule has 0 aromatic heterocycles. The van der Waals surface area contributed by atoms with Crippen LogP contribution in [0.5, 0.6) is 0 Å². The highest BCUT2D eigenvalue weighted by molar-refractivity contribution is 7.91. The Labute approximate surface area is 304 Å². The molecule has 0 unspecified atom stereocenters. The van der Waals surface area contributed by atoms with Gasteiger partial charge in [-0.1, -0.05) is 56.2 Å². The molecule has 0 radical (unpaired) electrons. The van der Waals surface area contributed by atoms with Gasteiger partial charge in [-0.3, -0.25) is 24.0 Å². The van der Waals surface area contributed by atoms with E-state index in [1.807, 2.05) is 25.1 Å². The summed E-state index contributed by atoms with van der Waals surface area (Å²) < 4.78 is 38.8. The van der Waals surface area contributed by atoms with Crippen LogP contribution in [0.3, 0.4) is 0 Å². The van der Waals surface area contributed by atoms with E-state index in [0.717, 1.165) is 42.4 Å². The summed E-state index contributed by atoms with van der Waals surface area (Å²) in [6, 6.07) is 3.74. The van der Waals surface area contributed by atoms with Crippen molar-refractivity contribution in [3.05, 3.63) is 53.6 Å². The van der Waals surface area contributed by atoms with Gasteiger partial charge in [0.05, 0.1) is 24.9 Å². The fourth-order valence-corrected chi connectivity index (χ4v) is 8.67. The van der Waals surface area contributed by atoms with Crippen LogP contribution in [-0.2, 0) is 47.0 Å². The third-order valence-electron chi connectivity index (χ3n) is 10.6. The molecule has 5 aliphatic rings. The van der Waals surface area contributed by atoms with Gasteiger partial charge in [0.25, 0.3) is 5.91 Å². The summed E-state index contributed by atoms with van der Waals surface area (Å²) in [4.78, 5) is 71.1. The summed E-state index contributed by atoms with van der Waals surface area (Å²) in [7, 11) is -3.90. The second-order valence-electron chi connectivity index (χ2n) is 14.5. The van der Waals surface area contributed by atoms with Crippen LogP contribution >= 0.6 is 0 Å². The smallest absolute Gasteiger partial charge is 0.410 e. The SMILES string of the molecule is C=C[C@@H]1C[C@]1(NC(=O)[C@@H]1C[C@@H]2CN1C(=O)[C@H](CCCC)NC(=O)OCCCCC/C=C\c1cccc3c1CN(C3)C(=O)O2)C(=O)NS(=O)(=O)C1CC1. The Hall–Kier alpha value is -4.40. The van der Waals surface area contributed by atoms with Gasteiger partial charge in [0.15, 0.2) is 0 Å². The lowest BCUT2D eigenvalue weighted by atomic mass is 10.0. The maximum absolute atomic E-state index is 14.2. The number of unbranched alkanes of at least 4 members (excludes halogenated alkanes) is 1. The molecule has 4 bridgehead atoms. The van der Waals surface area contributed by atoms with Crippen molar-refractivity contribution in [2.75, 3.05) is 13.2 Å². The van der Waals surface area contributed by atoms with E-state index in [1.165, 1.54) is 11.0 Å². The second kappa shape index (κ2) is 15.7. The predicted molar refractivity (Wildman–Crippen MR) is 191 cm³/mol. The van der Waals surface area contributed by atoms with Crippen molar-refractivity contribution in [3.8, 4) is 0 Å². The second-order valence-corrected chi connectivity index (χ2v) is 16.5. The molecule has 6 rings (SSSR count). The van der Waals surface area contributed by atoms with Crippen molar-refractivity contribution in [2.45, 2.75) is 120 Å². The number of rotatable bonds is 9. The van der Waals surface area contributed by atoms with Gasteiger partial charge in [-0.2, -0.15) is 0 Å². The maximum atomic E-state index is 14.2. The number of cyclic esters (lactones) is 1. The van der Waals surface area contributed by atoms with E-state index < -0.39 is 74.8 Å². The average molecular weight is 740 g/mol. The van der Waals surface area contributed by atoms with Gasteiger partial charge in [-0.15, -0.1) is 6.58 Å². The molecular weight excluding hydrogens is 691 g/mol. The van der Waals surface area contributed by atoms with Crippen LogP contribution in [0.4, 0.5) is 9.59 Å². The predicted octanol–water partition coefficient (Wildman–Crippen LogP) is 3.65. The molecule has 3 aliphatic heterocycles. The normalized spacial score (nSPS) is 28.8. The number of carbonyl (C=O) groups is 5. The zero-order valence-corrected chi connectivity index (χ0v) is 30.5. The third kappa shape index (κ3) is 8.29. The minimum absolute atomic E-state index is 0.0696. The Morgan fingerprint density at radius 3 is 2.67 bits per heavy atom. The van der Waals surface area contributed by atoms with Crippen LogP contribution in [-0.4, -0.2) is 90.3 Å². The fraction of sp³-hybridized carbons (Fsp3) is 0.595. The molecule has 52 heavy (non-hydrogen) atoms. The summed E-state index contributed by atoms with van der Waals surface area (Å²) in [6.07, 6.45) is 9.28. The summed E-state index contributed by atoms with van der Waals surface area (Å²) in [5.74, 6) is -2.64. The minimum Gasteiger partial charge on any atom is -0.450 e. The van der Waals surface area contributed by atoms with Crippen molar-refractivity contribution < 1.29 is 41.9 Å². The topological polar surface area (TPSA) is 181 Å². The van der Waals surface area contributed by atoms with E-state index in [-0.39, 0.29) is 32.4 Å². The molecule has 14 nitrogen and oxygen atoms in total. The van der Waals surface area contributed by atoms with Gasteiger partial charge < -0.3 is 25.0 Å². The van der Waals surface area contributed by atoms with E-state index in [1.54, 1.807) is 4.90 Å². The highest BCUT2D eigenvalue weighted by Gasteiger charge is 2.62. The lowest BCUT2D eigenvalue weighted by Gasteiger charge is -2.29. The fourth-order valence-electron chi connectivity index (χ4n) is 7.31. The third-order valence-corrected chi connectivity index (χ3v) is 12.4. The van der Waals surface area contributed by atoms with Crippen LogP contribution < -0.4 is 15.4 Å². The Bertz CT molecular complexity index is 1730. The number of hydrogen-bond acceptors (Lipinski definition) is 9. The molecule has 2 aliphatic carbocycles. The van der Waals surface area contributed by atoms with Crippen molar-refractivity contribution in [2.24, 2.45) is 5.92 Å². The van der Waals surface area contributed by atoms with Crippen LogP contribution in [0.1, 0.15) is 94.2 Å². The quantitative estimate of drug-likeness (QED) is 0.319. The van der Waals surface area contributed by atoms with E-state index >= 15 is 0 Å². The van der Waals surface area contributed by atoms with Crippen molar-refractivity contribution in [1.82, 2.24) is 25.2 Å². The van der Waals surface area contributed by atoms with Crippen LogP contribution in [0.25, 0.3) is 6.08 Å². The molecule has 0 spiro atoms. The van der Waals surface area contributed by atoms with E-state index in [4.69, 9.17) is 9.47 Å². The zero-order valence-electron chi connectivity index (χ0n) is 29.6. The Balaban J connectivity index is 1.25. The number of alkyl carbamates (subject to hydrolysis) is 1. The lowest BCUT2D eigenvalue weighted by Crippen LogP contribution is -2.58. The van der Waals surface area contributed by atoms with E-state index in [0.29, 0.717) is 38.8 Å². The molecule has 5 amide bonds. The number of benzene rings is 1. The summed E-state index contributed by atoms with van der Waals surface area (Å²) in [6.45, 7) is 6.46. The summed E-state index contributed by atoms with van der Waals surface area (Å²) in [5, 5.41) is 4.79. The first kappa shape index (κ1) is 37.4. The van der Waals surface area contributed by atoms with Crippen molar-refractivity contribution in [3.63, 3.8) is 0 Å². The number of nitrogens with one attached hydrogen (secondary N) is 3. The van der Waals surface area contributed by atoms with Gasteiger partial charge in [0.2, 0.25) is 21.8 Å². The van der Waals surface area contributed by atoms with Crippen LogP contribution in [0, 0.1) is 5.92 Å². The molecule has 1 saturated heterocycles. The van der Waals surface area contributed by atoms with E-state index in [9.17, 15) is 32.4 Å². The van der Waals surface area contributed by atoms with Gasteiger partial charge in [0.1, 0.15) is 23.7 Å². The molecule has 1 aromatic rings. The number of nitrogens with zero attached hydrogens (tertiary/aromatic N) is 2. The molecule has 2 saturated carbocycles. The highest BCUT2D eigenvalue weighted by atomic mass is 32.2. The van der Waals surface area contributed by atoms with Crippen molar-refractivity contribution >= 4 is 46.0 Å². The Kier molecular flexibility index (Phi) is 11.3. The zero-order chi connectivity index (χ0) is 37.0. The highest BCUT2D eigenvalue weighted by Crippen LogP contribution is 2.45. The first-order chi connectivity index (χ1) is 25.0. The van der Waals surface area contributed by atoms with Gasteiger partial charge in [-0.25, -0.2) is 18.0 Å². The number of carbonyl (C=O) groups excluding carboxylic acids is 5. The maximum Gasteiger partial charge on any atom is 0.410 e. The molecular formula is C37H49N5O9S. The lowest BCUT2D eigenvalue weighted by molar-refractivity contribution is -0.141. The standard InChI is InChI=1S/C37H49N5O9S/c1-3-5-15-30-33(44)42-22-27(19-31(42)32(43)39-37(20-26(37)4-2)34(45)40-52(48,49)28-16-17-28)51-36(47)41-21-25-14-11-13-24(29(25)23-41)12-9-7-6-8-10-18-50-35(46)38-30/h4,9,11-14,26-28,30-31H,2-3,5-8,10,15-23H2,1H3,(H,38,46)(H,39,43)(H,40,45)/b12-9-/t26-,27-,30+,31+,37-/m1/s1. The molecule has 15 heteroatoms. The largest absolute Gasteiger partial charge is 0.450 e. The van der Waals surface area contributed by atoms with Gasteiger partial charge in [0, 0.05) is 18.9 Å². The van der Waals surface area contributed by atoms with Gasteiger partial charge >= 0.3 is 12.2 Å². The number of ether oxygens (including phenoxy) is 2. The van der Waals surface area contributed by atoms with Crippen LogP contribution in [0.15, 0.2) is 36.9 Å². The molecule has 3 heterocycles. The summed E-state index contributed by atoms with van der Waals surface area (Å²) in [5.41, 5.74) is 1.51. The number of sulfonamides is 1. The Morgan fingerprint density at radius 2 is 1.94 bits per heavy atom. The number of allylic oxidation sites excluding steroid dienone is 1. The molecule has 282 valence electrons. The molecule has 3 N–H and O–H groups in total. The number of hydrogen-bond donors (Lipinski definition) is 3. The molecule has 1 aromatic carbocycles. The Morgan fingerprint density at radius 1 is 1.13 bits per heavy atom. The summed E-state index contributed by atoms with van der Waals surface area (Å²) >= 11 is 0. The first-order valence-electron chi connectivity index (χ1n) is 18.4. The first-order valence-corrected chi connectivity index (χ1v) is 20.0. The van der Waals surface area contributed by atoms with E-state index in [2.05, 4.69) is 34.1 Å². The minimum atomic E-state index is -3.90. The van der Waals surface area contributed by atoms with Crippen LogP contribution in [0.2, 0.25) is 0 Å². The average Bonchev–Trinajstić information content (AvgIpc) is 4.01. The monoisotopic (exact) mass is 739 g/mol. The number of amides is 5. The molecule has 5 atom stereocenters.